The van der Waals surface area contributed by atoms with Crippen molar-refractivity contribution < 1.29 is 9.53 Å². The lowest BCUT2D eigenvalue weighted by Gasteiger charge is -2.53. The molecule has 0 saturated carbocycles. The van der Waals surface area contributed by atoms with Crippen molar-refractivity contribution in [3.8, 4) is 6.07 Å². The number of aromatic nitrogens is 1. The van der Waals surface area contributed by atoms with Crippen molar-refractivity contribution in [2.45, 2.75) is 38.8 Å². The van der Waals surface area contributed by atoms with E-state index in [1.165, 1.54) is 0 Å². The number of ether oxygens (including phenoxy) is 1. The van der Waals surface area contributed by atoms with Crippen LogP contribution < -0.4 is 4.90 Å². The minimum atomic E-state index is -0.471. The Morgan fingerprint density at radius 2 is 2.17 bits per heavy atom. The van der Waals surface area contributed by atoms with Crippen LogP contribution in [-0.4, -0.2) is 47.3 Å². The predicted octanol–water partition coefficient (Wildman–Crippen LogP) is 2.40. The molecule has 6 nitrogen and oxygen atoms in total. The first kappa shape index (κ1) is 15.6. The van der Waals surface area contributed by atoms with Gasteiger partial charge >= 0.3 is 6.09 Å². The molecule has 1 aromatic rings. The maximum absolute atomic E-state index is 12.3. The number of fused-ring (bicyclic) bond motifs is 1. The number of piperidine rings is 1. The van der Waals surface area contributed by atoms with Crippen LogP contribution in [0, 0.1) is 17.2 Å². The zero-order chi connectivity index (χ0) is 16.6. The van der Waals surface area contributed by atoms with Crippen molar-refractivity contribution in [2.24, 2.45) is 5.92 Å². The van der Waals surface area contributed by atoms with Crippen LogP contribution in [0.2, 0.25) is 0 Å². The smallest absolute Gasteiger partial charge is 0.410 e. The molecule has 6 heteroatoms. The SMILES string of the molecule is CC(C)(C)OC(=O)N1C[C@@H]2CCN(c3cncc(C#N)c3)C[C@@H]21. The van der Waals surface area contributed by atoms with Crippen LogP contribution in [0.15, 0.2) is 18.5 Å². The van der Waals surface area contributed by atoms with Gasteiger partial charge in [-0.05, 0) is 33.3 Å². The molecule has 0 spiro atoms. The van der Waals surface area contributed by atoms with Gasteiger partial charge in [-0.1, -0.05) is 0 Å². The van der Waals surface area contributed by atoms with Gasteiger partial charge in [-0.15, -0.1) is 0 Å². The van der Waals surface area contributed by atoms with Gasteiger partial charge in [-0.25, -0.2) is 4.79 Å². The van der Waals surface area contributed by atoms with Crippen molar-refractivity contribution in [1.29, 1.82) is 5.26 Å². The highest BCUT2D eigenvalue weighted by molar-refractivity contribution is 5.70. The van der Waals surface area contributed by atoms with Gasteiger partial charge in [0.05, 0.1) is 23.5 Å². The monoisotopic (exact) mass is 314 g/mol. The number of hydrogen-bond acceptors (Lipinski definition) is 5. The lowest BCUT2D eigenvalue weighted by molar-refractivity contribution is -0.0345. The first-order valence-electron chi connectivity index (χ1n) is 7.97. The maximum Gasteiger partial charge on any atom is 0.410 e. The maximum atomic E-state index is 12.3. The second kappa shape index (κ2) is 5.73. The molecule has 0 radical (unpaired) electrons. The average Bonchev–Trinajstić information content (AvgIpc) is 2.46. The van der Waals surface area contributed by atoms with E-state index in [9.17, 15) is 4.79 Å². The van der Waals surface area contributed by atoms with E-state index >= 15 is 0 Å². The number of hydrogen-bond donors (Lipinski definition) is 0. The van der Waals surface area contributed by atoms with E-state index in [-0.39, 0.29) is 12.1 Å². The summed E-state index contributed by atoms with van der Waals surface area (Å²) >= 11 is 0. The van der Waals surface area contributed by atoms with Crippen molar-refractivity contribution >= 4 is 11.8 Å². The standard InChI is InChI=1S/C17H22N4O2/c1-17(2,3)23-16(22)21-10-13-4-5-20(11-15(13)21)14-6-12(7-18)8-19-9-14/h6,8-9,13,15H,4-5,10-11H2,1-3H3/t13-,15-/m0/s1. The van der Waals surface area contributed by atoms with Gasteiger partial charge in [-0.2, -0.15) is 5.26 Å². The molecule has 0 unspecified atom stereocenters. The largest absolute Gasteiger partial charge is 0.444 e. The molecule has 2 atom stereocenters. The van der Waals surface area contributed by atoms with E-state index in [1.807, 2.05) is 31.7 Å². The van der Waals surface area contributed by atoms with E-state index < -0.39 is 5.60 Å². The lowest BCUT2D eigenvalue weighted by Crippen LogP contribution is -2.66. The third kappa shape index (κ3) is 3.24. The Labute approximate surface area is 136 Å². The van der Waals surface area contributed by atoms with Crippen molar-refractivity contribution in [1.82, 2.24) is 9.88 Å². The Balaban J connectivity index is 1.68. The second-order valence-electron chi connectivity index (χ2n) is 7.24. The molecule has 0 aromatic carbocycles. The van der Waals surface area contributed by atoms with Gasteiger partial charge in [0.15, 0.2) is 0 Å². The second-order valence-corrected chi connectivity index (χ2v) is 7.24. The number of rotatable bonds is 1. The van der Waals surface area contributed by atoms with Gasteiger partial charge in [0.2, 0.25) is 0 Å². The number of anilines is 1. The summed E-state index contributed by atoms with van der Waals surface area (Å²) in [7, 11) is 0. The summed E-state index contributed by atoms with van der Waals surface area (Å²) in [6, 6.07) is 4.16. The molecule has 0 N–H and O–H groups in total. The van der Waals surface area contributed by atoms with E-state index in [0.717, 1.165) is 31.7 Å². The quantitative estimate of drug-likeness (QED) is 0.796. The highest BCUT2D eigenvalue weighted by Crippen LogP contribution is 2.35. The summed E-state index contributed by atoms with van der Waals surface area (Å²) in [5, 5.41) is 9.01. The van der Waals surface area contributed by atoms with Gasteiger partial charge in [0.1, 0.15) is 11.7 Å². The molecule has 0 bridgehead atoms. The van der Waals surface area contributed by atoms with Crippen molar-refractivity contribution in [2.75, 3.05) is 24.5 Å². The van der Waals surface area contributed by atoms with Crippen LogP contribution in [-0.2, 0) is 4.74 Å². The number of amides is 1. The van der Waals surface area contributed by atoms with E-state index in [1.54, 1.807) is 12.4 Å². The number of pyridine rings is 1. The number of nitrogens with zero attached hydrogens (tertiary/aromatic N) is 4. The molecule has 1 aromatic heterocycles. The molecule has 1 amide bonds. The fourth-order valence-electron chi connectivity index (χ4n) is 3.22. The molecule has 2 fully saturated rings. The first-order valence-corrected chi connectivity index (χ1v) is 7.97. The Morgan fingerprint density at radius 3 is 2.87 bits per heavy atom. The number of nitriles is 1. The summed E-state index contributed by atoms with van der Waals surface area (Å²) in [5.41, 5.74) is 1.03. The van der Waals surface area contributed by atoms with Crippen molar-refractivity contribution in [3.05, 3.63) is 24.0 Å². The molecule has 122 valence electrons. The minimum Gasteiger partial charge on any atom is -0.444 e. The number of carbonyl (C=O) groups is 1. The topological polar surface area (TPSA) is 69.5 Å². The Morgan fingerprint density at radius 1 is 1.39 bits per heavy atom. The number of likely N-dealkylation sites (tertiary alicyclic amines) is 1. The summed E-state index contributed by atoms with van der Waals surface area (Å²) < 4.78 is 5.48. The van der Waals surface area contributed by atoms with E-state index in [4.69, 9.17) is 10.00 Å². The predicted molar refractivity (Wildman–Crippen MR) is 86.0 cm³/mol. The molecule has 2 saturated heterocycles. The molecule has 2 aliphatic heterocycles. The minimum absolute atomic E-state index is 0.185. The number of carbonyl (C=O) groups excluding carboxylic acids is 1. The Kier molecular flexibility index (Phi) is 3.88. The van der Waals surface area contributed by atoms with E-state index in [0.29, 0.717) is 11.5 Å². The van der Waals surface area contributed by atoms with Crippen LogP contribution in [0.5, 0.6) is 0 Å². The summed E-state index contributed by atoms with van der Waals surface area (Å²) in [5.74, 6) is 0.547. The zero-order valence-corrected chi connectivity index (χ0v) is 13.8. The summed E-state index contributed by atoms with van der Waals surface area (Å²) in [6.45, 7) is 8.13. The molecule has 3 rings (SSSR count). The van der Waals surface area contributed by atoms with Gasteiger partial charge < -0.3 is 14.5 Å². The fraction of sp³-hybridized carbons (Fsp3) is 0.588. The fourth-order valence-corrected chi connectivity index (χ4v) is 3.22. The van der Waals surface area contributed by atoms with Crippen LogP contribution in [0.25, 0.3) is 0 Å². The van der Waals surface area contributed by atoms with Crippen LogP contribution in [0.3, 0.4) is 0 Å². The molecule has 0 aliphatic carbocycles. The average molecular weight is 314 g/mol. The molecular formula is C17H22N4O2. The highest BCUT2D eigenvalue weighted by atomic mass is 16.6. The van der Waals surface area contributed by atoms with Gasteiger partial charge in [0, 0.05) is 31.7 Å². The summed E-state index contributed by atoms with van der Waals surface area (Å²) in [6.07, 6.45) is 4.15. The molecular weight excluding hydrogens is 292 g/mol. The third-order valence-corrected chi connectivity index (χ3v) is 4.40. The molecule has 2 aliphatic rings. The van der Waals surface area contributed by atoms with Gasteiger partial charge in [0.25, 0.3) is 0 Å². The van der Waals surface area contributed by atoms with Crippen LogP contribution >= 0.6 is 0 Å². The van der Waals surface area contributed by atoms with Gasteiger partial charge in [-0.3, -0.25) is 4.98 Å². The zero-order valence-electron chi connectivity index (χ0n) is 13.8. The Hall–Kier alpha value is -2.29. The molecule has 3 heterocycles. The normalized spacial score (nSPS) is 23.6. The van der Waals surface area contributed by atoms with E-state index in [2.05, 4.69) is 16.0 Å². The molecule has 23 heavy (non-hydrogen) atoms. The third-order valence-electron chi connectivity index (χ3n) is 4.40. The lowest BCUT2D eigenvalue weighted by atomic mass is 9.82. The Bertz CT molecular complexity index is 647. The van der Waals surface area contributed by atoms with Crippen LogP contribution in [0.1, 0.15) is 32.8 Å². The van der Waals surface area contributed by atoms with Crippen molar-refractivity contribution in [3.63, 3.8) is 0 Å². The van der Waals surface area contributed by atoms with Crippen LogP contribution in [0.4, 0.5) is 10.5 Å². The first-order chi connectivity index (χ1) is 10.9. The highest BCUT2D eigenvalue weighted by Gasteiger charge is 2.46. The summed E-state index contributed by atoms with van der Waals surface area (Å²) in [4.78, 5) is 20.4.